The summed E-state index contributed by atoms with van der Waals surface area (Å²) in [5.74, 6) is 1.18. The van der Waals surface area contributed by atoms with Crippen molar-refractivity contribution in [2.75, 3.05) is 12.4 Å². The summed E-state index contributed by atoms with van der Waals surface area (Å²) in [7, 11) is 1.54. The van der Waals surface area contributed by atoms with Crippen LogP contribution in [0.2, 0.25) is 5.02 Å². The van der Waals surface area contributed by atoms with Crippen LogP contribution in [0.1, 0.15) is 18.5 Å². The Morgan fingerprint density at radius 3 is 2.86 bits per heavy atom. The molecule has 7 nitrogen and oxygen atoms in total. The highest BCUT2D eigenvalue weighted by Gasteiger charge is 2.14. The molecule has 0 radical (unpaired) electrons. The molecule has 28 heavy (non-hydrogen) atoms. The van der Waals surface area contributed by atoms with E-state index in [0.29, 0.717) is 27.7 Å². The molecule has 1 unspecified atom stereocenters. The molecule has 3 aromatic heterocycles. The first-order valence-corrected chi connectivity index (χ1v) is 9.04. The van der Waals surface area contributed by atoms with Gasteiger partial charge in [-0.3, -0.25) is 4.79 Å². The number of aromatic nitrogens is 4. The maximum Gasteiger partial charge on any atom is 0.253 e. The monoisotopic (exact) mass is 395 g/mol. The van der Waals surface area contributed by atoms with Gasteiger partial charge in [0.05, 0.1) is 35.7 Å². The van der Waals surface area contributed by atoms with Gasteiger partial charge < -0.3 is 19.6 Å². The summed E-state index contributed by atoms with van der Waals surface area (Å²) in [5.41, 5.74) is 2.00. The summed E-state index contributed by atoms with van der Waals surface area (Å²) in [4.78, 5) is 23.9. The Labute approximate surface area is 166 Å². The zero-order valence-electron chi connectivity index (χ0n) is 15.3. The topological polar surface area (TPSA) is 84.8 Å². The number of nitrogens with one attached hydrogen (secondary N) is 2. The Hall–Kier alpha value is -3.32. The van der Waals surface area contributed by atoms with Crippen LogP contribution >= 0.6 is 11.6 Å². The molecule has 0 amide bonds. The van der Waals surface area contributed by atoms with Crippen molar-refractivity contribution in [2.45, 2.75) is 13.0 Å². The minimum absolute atomic E-state index is 0.178. The van der Waals surface area contributed by atoms with Crippen molar-refractivity contribution in [3.63, 3.8) is 0 Å². The first-order valence-electron chi connectivity index (χ1n) is 8.66. The SMILES string of the molecule is COc1cc2[nH]c(=O)c(C(C)Nc3cc(-n4ccnc4)ccn3)cc2cc1Cl. The predicted octanol–water partition coefficient (Wildman–Crippen LogP) is 3.94. The van der Waals surface area contributed by atoms with Crippen LogP contribution < -0.4 is 15.6 Å². The van der Waals surface area contributed by atoms with E-state index in [1.807, 2.05) is 35.9 Å². The highest BCUT2D eigenvalue weighted by Crippen LogP contribution is 2.29. The van der Waals surface area contributed by atoms with E-state index in [4.69, 9.17) is 16.3 Å². The standard InChI is InChI=1S/C20H18ClN5O2/c1-12(24-19-9-14(3-4-23-19)26-6-5-22-11-26)15-7-13-8-16(21)18(28-2)10-17(13)25-20(15)27/h3-12H,1-2H3,(H,23,24)(H,25,27). The molecule has 0 bridgehead atoms. The van der Waals surface area contributed by atoms with E-state index in [1.165, 1.54) is 7.11 Å². The Bertz CT molecular complexity index is 1190. The number of halogens is 1. The molecule has 0 aliphatic heterocycles. The Kier molecular flexibility index (Phi) is 4.75. The van der Waals surface area contributed by atoms with E-state index in [9.17, 15) is 4.79 Å². The molecule has 0 fully saturated rings. The van der Waals surface area contributed by atoms with Crippen molar-refractivity contribution in [1.82, 2.24) is 19.5 Å². The van der Waals surface area contributed by atoms with Gasteiger partial charge in [0, 0.05) is 41.7 Å². The number of hydrogen-bond donors (Lipinski definition) is 2. The normalized spacial score (nSPS) is 12.1. The molecule has 0 spiro atoms. The third kappa shape index (κ3) is 3.44. The molecule has 8 heteroatoms. The van der Waals surface area contributed by atoms with Crippen molar-refractivity contribution >= 4 is 28.3 Å². The highest BCUT2D eigenvalue weighted by molar-refractivity contribution is 6.32. The van der Waals surface area contributed by atoms with E-state index >= 15 is 0 Å². The number of anilines is 1. The van der Waals surface area contributed by atoms with Crippen molar-refractivity contribution in [1.29, 1.82) is 0 Å². The average molecular weight is 396 g/mol. The molecule has 142 valence electrons. The van der Waals surface area contributed by atoms with Gasteiger partial charge in [0.15, 0.2) is 0 Å². The fraction of sp³-hybridized carbons (Fsp3) is 0.150. The molecule has 1 aromatic carbocycles. The predicted molar refractivity (Wildman–Crippen MR) is 110 cm³/mol. The molecule has 0 saturated heterocycles. The van der Waals surface area contributed by atoms with Crippen LogP contribution in [-0.2, 0) is 0 Å². The summed E-state index contributed by atoms with van der Waals surface area (Å²) < 4.78 is 7.10. The second-order valence-electron chi connectivity index (χ2n) is 6.36. The van der Waals surface area contributed by atoms with Crippen LogP contribution in [-0.4, -0.2) is 26.6 Å². The smallest absolute Gasteiger partial charge is 0.253 e. The fourth-order valence-corrected chi connectivity index (χ4v) is 3.32. The average Bonchev–Trinajstić information content (AvgIpc) is 3.22. The number of ether oxygens (including phenoxy) is 1. The third-order valence-corrected chi connectivity index (χ3v) is 4.82. The minimum Gasteiger partial charge on any atom is -0.495 e. The van der Waals surface area contributed by atoms with Gasteiger partial charge in [-0.1, -0.05) is 11.6 Å². The summed E-state index contributed by atoms with van der Waals surface area (Å²) in [6, 6.07) is 8.85. The van der Waals surface area contributed by atoms with Gasteiger partial charge in [0.2, 0.25) is 0 Å². The molecular formula is C20H18ClN5O2. The number of benzene rings is 1. The van der Waals surface area contributed by atoms with Gasteiger partial charge in [-0.25, -0.2) is 9.97 Å². The molecule has 1 atom stereocenters. The van der Waals surface area contributed by atoms with Crippen LogP contribution in [0.25, 0.3) is 16.6 Å². The van der Waals surface area contributed by atoms with E-state index in [0.717, 1.165) is 11.1 Å². The van der Waals surface area contributed by atoms with Crippen LogP contribution in [0.5, 0.6) is 5.75 Å². The Morgan fingerprint density at radius 2 is 2.11 bits per heavy atom. The first kappa shape index (κ1) is 18.1. The lowest BCUT2D eigenvalue weighted by Gasteiger charge is -2.16. The van der Waals surface area contributed by atoms with Gasteiger partial charge >= 0.3 is 0 Å². The van der Waals surface area contributed by atoms with Crippen molar-refractivity contribution in [3.8, 4) is 11.4 Å². The lowest BCUT2D eigenvalue weighted by Crippen LogP contribution is -2.19. The third-order valence-electron chi connectivity index (χ3n) is 4.52. The van der Waals surface area contributed by atoms with Crippen LogP contribution in [0.15, 0.2) is 60.0 Å². The summed E-state index contributed by atoms with van der Waals surface area (Å²) in [5, 5.41) is 4.60. The van der Waals surface area contributed by atoms with Gasteiger partial charge in [0.1, 0.15) is 11.6 Å². The van der Waals surface area contributed by atoms with Gasteiger partial charge in [-0.15, -0.1) is 0 Å². The van der Waals surface area contributed by atoms with Gasteiger partial charge in [-0.2, -0.15) is 0 Å². The molecule has 4 aromatic rings. The van der Waals surface area contributed by atoms with Crippen molar-refractivity contribution < 1.29 is 4.74 Å². The number of pyridine rings is 2. The quantitative estimate of drug-likeness (QED) is 0.534. The summed E-state index contributed by atoms with van der Waals surface area (Å²) in [6.45, 7) is 1.91. The number of fused-ring (bicyclic) bond motifs is 1. The molecular weight excluding hydrogens is 378 g/mol. The number of nitrogens with zero attached hydrogens (tertiary/aromatic N) is 3. The van der Waals surface area contributed by atoms with Gasteiger partial charge in [-0.05, 0) is 25.1 Å². The Balaban J connectivity index is 1.65. The molecule has 4 rings (SSSR count). The summed E-state index contributed by atoms with van der Waals surface area (Å²) in [6.07, 6.45) is 7.00. The van der Waals surface area contributed by atoms with E-state index in [1.54, 1.807) is 30.9 Å². The molecule has 0 aliphatic carbocycles. The van der Waals surface area contributed by atoms with E-state index in [2.05, 4.69) is 20.3 Å². The second-order valence-corrected chi connectivity index (χ2v) is 6.77. The molecule has 3 heterocycles. The van der Waals surface area contributed by atoms with E-state index < -0.39 is 0 Å². The minimum atomic E-state index is -0.264. The van der Waals surface area contributed by atoms with Crippen LogP contribution in [0.4, 0.5) is 5.82 Å². The number of hydrogen-bond acceptors (Lipinski definition) is 5. The van der Waals surface area contributed by atoms with Crippen LogP contribution in [0.3, 0.4) is 0 Å². The largest absolute Gasteiger partial charge is 0.495 e. The lowest BCUT2D eigenvalue weighted by atomic mass is 10.1. The second kappa shape index (κ2) is 7.36. The fourth-order valence-electron chi connectivity index (χ4n) is 3.07. The number of H-pyrrole nitrogens is 1. The van der Waals surface area contributed by atoms with Crippen molar-refractivity contribution in [3.05, 3.63) is 76.2 Å². The number of imidazole rings is 1. The lowest BCUT2D eigenvalue weighted by molar-refractivity contribution is 0.415. The molecule has 0 saturated carbocycles. The molecule has 2 N–H and O–H groups in total. The van der Waals surface area contributed by atoms with Gasteiger partial charge in [0.25, 0.3) is 5.56 Å². The summed E-state index contributed by atoms with van der Waals surface area (Å²) >= 11 is 6.22. The number of methoxy groups -OCH3 is 1. The number of aromatic amines is 1. The van der Waals surface area contributed by atoms with Crippen molar-refractivity contribution in [2.24, 2.45) is 0 Å². The number of rotatable bonds is 5. The highest BCUT2D eigenvalue weighted by atomic mass is 35.5. The zero-order valence-corrected chi connectivity index (χ0v) is 16.1. The Morgan fingerprint density at radius 1 is 1.25 bits per heavy atom. The molecule has 0 aliphatic rings. The van der Waals surface area contributed by atoms with Crippen LogP contribution in [0, 0.1) is 0 Å². The maximum atomic E-state index is 12.6. The maximum absolute atomic E-state index is 12.6. The first-order chi connectivity index (χ1) is 13.5. The van der Waals surface area contributed by atoms with E-state index in [-0.39, 0.29) is 11.6 Å². The zero-order chi connectivity index (χ0) is 19.7.